The Morgan fingerprint density at radius 3 is 2.59 bits per heavy atom. The average Bonchev–Trinajstić information content (AvgIpc) is 3.41. The van der Waals surface area contributed by atoms with Gasteiger partial charge in [-0.15, -0.1) is 0 Å². The Morgan fingerprint density at radius 1 is 0.969 bits per heavy atom. The fourth-order valence-corrected chi connectivity index (χ4v) is 3.96. The Labute approximate surface area is 177 Å². The maximum absolute atomic E-state index is 13.2. The van der Waals surface area contributed by atoms with Crippen molar-refractivity contribution in [2.45, 2.75) is 0 Å². The third-order valence-electron chi connectivity index (χ3n) is 5.48. The van der Waals surface area contributed by atoms with Crippen molar-refractivity contribution in [3.05, 3.63) is 69.4 Å². The number of fused-ring (bicyclic) bond motifs is 4. The second kappa shape index (κ2) is 6.35. The Kier molecular flexibility index (Phi) is 3.57. The summed E-state index contributed by atoms with van der Waals surface area (Å²) in [5.74, 6) is 0.471. The van der Waals surface area contributed by atoms with Crippen molar-refractivity contribution in [2.24, 2.45) is 7.05 Å². The molecule has 32 heavy (non-hydrogen) atoms. The SMILES string of the molecule is Cn1c(=O)c(-c2n[nH]c3c4c(=O)[nH]nc-4n(-c4ccccn4)nc23)c(O)c2ccccc21. The molecule has 0 unspecified atom stereocenters. The Hall–Kier alpha value is -4.80. The van der Waals surface area contributed by atoms with Gasteiger partial charge in [0.1, 0.15) is 33.6 Å². The quantitative estimate of drug-likeness (QED) is 0.381. The van der Waals surface area contributed by atoms with Gasteiger partial charge in [0, 0.05) is 18.6 Å². The minimum atomic E-state index is -0.449. The van der Waals surface area contributed by atoms with Crippen LogP contribution < -0.4 is 11.1 Å². The van der Waals surface area contributed by atoms with Gasteiger partial charge >= 0.3 is 0 Å². The van der Waals surface area contributed by atoms with Gasteiger partial charge in [0.05, 0.1) is 5.52 Å². The molecule has 11 nitrogen and oxygen atoms in total. The molecule has 6 rings (SSSR count). The molecule has 3 aromatic heterocycles. The van der Waals surface area contributed by atoms with Gasteiger partial charge in [-0.1, -0.05) is 18.2 Å². The molecular formula is C21H14N8O3. The predicted octanol–water partition coefficient (Wildman–Crippen LogP) is 1.56. The van der Waals surface area contributed by atoms with Gasteiger partial charge in [-0.05, 0) is 24.3 Å². The highest BCUT2D eigenvalue weighted by Gasteiger charge is 2.28. The summed E-state index contributed by atoms with van der Waals surface area (Å²) < 4.78 is 2.84. The third kappa shape index (κ3) is 2.29. The summed E-state index contributed by atoms with van der Waals surface area (Å²) in [6, 6.07) is 12.3. The van der Waals surface area contributed by atoms with Gasteiger partial charge in [0.15, 0.2) is 11.6 Å². The summed E-state index contributed by atoms with van der Waals surface area (Å²) in [5, 5.41) is 29.7. The lowest BCUT2D eigenvalue weighted by molar-refractivity contribution is 0.481. The highest BCUT2D eigenvalue weighted by molar-refractivity contribution is 6.01. The van der Waals surface area contributed by atoms with E-state index in [1.165, 1.54) is 9.25 Å². The van der Waals surface area contributed by atoms with Crippen LogP contribution in [0.1, 0.15) is 0 Å². The first kappa shape index (κ1) is 18.0. The van der Waals surface area contributed by atoms with Crippen LogP contribution >= 0.6 is 0 Å². The molecule has 156 valence electrons. The van der Waals surface area contributed by atoms with Crippen molar-refractivity contribution in [3.63, 3.8) is 0 Å². The number of aromatic amines is 2. The van der Waals surface area contributed by atoms with E-state index in [9.17, 15) is 14.7 Å². The summed E-state index contributed by atoms with van der Waals surface area (Å²) in [7, 11) is 1.62. The van der Waals surface area contributed by atoms with Crippen LogP contribution in [0.2, 0.25) is 0 Å². The normalized spacial score (nSPS) is 11.7. The minimum Gasteiger partial charge on any atom is -0.506 e. The van der Waals surface area contributed by atoms with Crippen molar-refractivity contribution in [2.75, 3.05) is 0 Å². The van der Waals surface area contributed by atoms with E-state index in [0.717, 1.165) is 0 Å². The van der Waals surface area contributed by atoms with Gasteiger partial charge in [-0.2, -0.15) is 20.0 Å². The molecule has 0 aliphatic carbocycles. The molecule has 0 atom stereocenters. The van der Waals surface area contributed by atoms with E-state index in [1.807, 2.05) is 0 Å². The number of aryl methyl sites for hydroxylation is 1. The Balaban J connectivity index is 1.76. The van der Waals surface area contributed by atoms with Gasteiger partial charge < -0.3 is 9.67 Å². The van der Waals surface area contributed by atoms with Crippen molar-refractivity contribution in [1.82, 2.24) is 39.7 Å². The van der Waals surface area contributed by atoms with Crippen LogP contribution in [0.4, 0.5) is 0 Å². The molecule has 11 heteroatoms. The maximum Gasteiger partial charge on any atom is 0.277 e. The molecule has 5 heterocycles. The fraction of sp³-hybridized carbons (Fsp3) is 0.0476. The molecule has 0 bridgehead atoms. The van der Waals surface area contributed by atoms with E-state index in [0.29, 0.717) is 22.2 Å². The van der Waals surface area contributed by atoms with Gasteiger partial charge in [-0.3, -0.25) is 14.7 Å². The van der Waals surface area contributed by atoms with Crippen molar-refractivity contribution in [3.8, 4) is 34.2 Å². The molecule has 0 saturated carbocycles. The number of para-hydroxylation sites is 1. The molecule has 0 spiro atoms. The summed E-state index contributed by atoms with van der Waals surface area (Å²) >= 11 is 0. The second-order valence-corrected chi connectivity index (χ2v) is 7.25. The van der Waals surface area contributed by atoms with E-state index < -0.39 is 11.1 Å². The number of rotatable bonds is 2. The van der Waals surface area contributed by atoms with Crippen LogP contribution in [-0.2, 0) is 7.05 Å². The summed E-state index contributed by atoms with van der Waals surface area (Å²) in [5.41, 5.74) is 0.535. The van der Waals surface area contributed by atoms with E-state index in [1.54, 1.807) is 55.7 Å². The molecule has 2 aliphatic heterocycles. The first-order chi connectivity index (χ1) is 15.6. The maximum atomic E-state index is 13.2. The van der Waals surface area contributed by atoms with Gasteiger partial charge in [0.25, 0.3) is 11.1 Å². The zero-order chi connectivity index (χ0) is 22.0. The van der Waals surface area contributed by atoms with E-state index in [2.05, 4.69) is 30.5 Å². The van der Waals surface area contributed by atoms with Crippen molar-refractivity contribution >= 4 is 21.9 Å². The monoisotopic (exact) mass is 426 g/mol. The lowest BCUT2D eigenvalue weighted by Crippen LogP contribution is -2.19. The lowest BCUT2D eigenvalue weighted by Gasteiger charge is -2.11. The number of nitrogens with one attached hydrogen (secondary N) is 2. The number of aromatic nitrogens is 8. The van der Waals surface area contributed by atoms with E-state index in [-0.39, 0.29) is 33.9 Å². The van der Waals surface area contributed by atoms with E-state index in [4.69, 9.17) is 0 Å². The summed E-state index contributed by atoms with van der Waals surface area (Å²) in [6.45, 7) is 0. The molecular weight excluding hydrogens is 412 g/mol. The highest BCUT2D eigenvalue weighted by Crippen LogP contribution is 2.36. The zero-order valence-corrected chi connectivity index (χ0v) is 16.6. The molecule has 0 radical (unpaired) electrons. The number of hydrogen-bond acceptors (Lipinski definition) is 7. The molecule has 2 aliphatic rings. The van der Waals surface area contributed by atoms with Crippen LogP contribution in [0.3, 0.4) is 0 Å². The van der Waals surface area contributed by atoms with Crippen LogP contribution in [0, 0.1) is 0 Å². The standard InChI is InChI=1S/C21H14N8O3/c1-28-11-7-3-2-6-10(11)18(30)13(21(28)32)15-17-16(24-23-15)14-19(25-26-20(14)31)29(27-17)12-8-4-5-9-22-12/h2-9,24,30H,1H3,(H,26,31). The molecule has 3 N–H and O–H groups in total. The first-order valence-electron chi connectivity index (χ1n) is 9.64. The molecule has 0 amide bonds. The Bertz CT molecular complexity index is 1740. The summed E-state index contributed by atoms with van der Waals surface area (Å²) in [6.07, 6.45) is 1.59. The smallest absolute Gasteiger partial charge is 0.277 e. The molecule has 4 aromatic rings. The van der Waals surface area contributed by atoms with Crippen molar-refractivity contribution < 1.29 is 5.11 Å². The van der Waals surface area contributed by atoms with Crippen molar-refractivity contribution in [1.29, 1.82) is 0 Å². The third-order valence-corrected chi connectivity index (χ3v) is 5.48. The predicted molar refractivity (Wildman–Crippen MR) is 116 cm³/mol. The second-order valence-electron chi connectivity index (χ2n) is 7.25. The van der Waals surface area contributed by atoms with Crippen LogP contribution in [0.15, 0.2) is 58.3 Å². The van der Waals surface area contributed by atoms with Crippen LogP contribution in [-0.4, -0.2) is 44.8 Å². The number of aromatic hydroxyl groups is 1. The van der Waals surface area contributed by atoms with E-state index >= 15 is 0 Å². The van der Waals surface area contributed by atoms with Crippen LogP contribution in [0.5, 0.6) is 5.75 Å². The molecule has 0 fully saturated rings. The number of H-pyrrole nitrogens is 2. The molecule has 1 aromatic carbocycles. The molecule has 0 saturated heterocycles. The average molecular weight is 426 g/mol. The zero-order valence-electron chi connectivity index (χ0n) is 16.6. The number of nitrogens with zero attached hydrogens (tertiary/aromatic N) is 6. The topological polar surface area (TPSA) is 147 Å². The fourth-order valence-electron chi connectivity index (χ4n) is 3.96. The number of pyridine rings is 2. The van der Waals surface area contributed by atoms with Gasteiger partial charge in [0.2, 0.25) is 0 Å². The largest absolute Gasteiger partial charge is 0.506 e. The van der Waals surface area contributed by atoms with Gasteiger partial charge in [-0.25, -0.2) is 10.1 Å². The van der Waals surface area contributed by atoms with Crippen LogP contribution in [0.25, 0.3) is 50.4 Å². The lowest BCUT2D eigenvalue weighted by atomic mass is 10.1. The Morgan fingerprint density at radius 2 is 1.78 bits per heavy atom. The number of benzene rings is 1. The minimum absolute atomic E-state index is 0.0205. The number of hydrogen-bond donors (Lipinski definition) is 3. The summed E-state index contributed by atoms with van der Waals surface area (Å²) in [4.78, 5) is 30.0. The first-order valence-corrected chi connectivity index (χ1v) is 9.64. The highest BCUT2D eigenvalue weighted by atomic mass is 16.3.